The standard InChI is InChI=1S/C48H36N6O6.3Zn/c55-37-19-7-1-13-31(37)25-49-43-44(50-26-32-14-2-8-20-38(32)56)46(52-28-34-16-4-10-22-40(34)58)48(54-30-36-18-6-12-24-42(36)60)47(53-29-35-17-5-11-23-41(35)59)45(43)51-27-33-15-3-9-21-39(33)57;;;/h1-30,55-60H;;;. The average molecular weight is 989 g/mol. The van der Waals surface area contributed by atoms with Crippen LogP contribution in [0.2, 0.25) is 0 Å². The van der Waals surface area contributed by atoms with Gasteiger partial charge in [-0.05, 0) is 72.8 Å². The quantitative estimate of drug-likeness (QED) is 0.0520. The zero-order valence-corrected chi connectivity index (χ0v) is 42.7. The van der Waals surface area contributed by atoms with Gasteiger partial charge in [0, 0.05) is 129 Å². The molecule has 0 unspecified atom stereocenters. The maximum atomic E-state index is 10.8. The summed E-state index contributed by atoms with van der Waals surface area (Å²) in [6.45, 7) is 0. The fraction of sp³-hybridized carbons (Fsp3) is 0. The van der Waals surface area contributed by atoms with E-state index in [2.05, 4.69) is 0 Å². The number of phenols is 6. The molecule has 63 heavy (non-hydrogen) atoms. The Balaban J connectivity index is 0.00000290. The largest absolute Gasteiger partial charge is 0.507 e. The molecule has 12 nitrogen and oxygen atoms in total. The summed E-state index contributed by atoms with van der Waals surface area (Å²) in [7, 11) is 0. The van der Waals surface area contributed by atoms with Crippen molar-refractivity contribution in [2.45, 2.75) is 0 Å². The van der Waals surface area contributed by atoms with Gasteiger partial charge in [0.1, 0.15) is 68.6 Å². The predicted molar refractivity (Wildman–Crippen MR) is 239 cm³/mol. The number of hydrogen-bond donors (Lipinski definition) is 6. The molecule has 0 aromatic heterocycles. The van der Waals surface area contributed by atoms with Crippen LogP contribution in [0.5, 0.6) is 34.5 Å². The van der Waals surface area contributed by atoms with Crippen LogP contribution in [0.1, 0.15) is 33.4 Å². The van der Waals surface area contributed by atoms with Gasteiger partial charge in [-0.25, -0.2) is 0 Å². The second-order valence-corrected chi connectivity index (χ2v) is 13.0. The second kappa shape index (κ2) is 23.4. The van der Waals surface area contributed by atoms with Crippen LogP contribution in [0.3, 0.4) is 0 Å². The van der Waals surface area contributed by atoms with Crippen molar-refractivity contribution in [1.82, 2.24) is 0 Å². The third kappa shape index (κ3) is 12.2. The van der Waals surface area contributed by atoms with Gasteiger partial charge in [-0.3, -0.25) is 30.0 Å². The maximum absolute atomic E-state index is 10.8. The molecule has 7 aromatic rings. The Hall–Kier alpha value is -6.77. The molecule has 0 aliphatic rings. The van der Waals surface area contributed by atoms with E-state index in [1.54, 1.807) is 109 Å². The maximum Gasteiger partial charge on any atom is 0.124 e. The van der Waals surface area contributed by atoms with Crippen LogP contribution in [0, 0.1) is 0 Å². The van der Waals surface area contributed by atoms with E-state index < -0.39 is 0 Å². The number of aliphatic imine (C=N–C) groups is 6. The molecule has 0 bridgehead atoms. The number of benzene rings is 7. The van der Waals surface area contributed by atoms with Crippen LogP contribution in [0.4, 0.5) is 34.1 Å². The SMILES string of the molecule is Oc1ccccc1C=Nc1c(N=Cc2ccccc2O)c(N=Cc2ccccc2O)c(N=Cc2ccccc2O)c(N=Cc2ccccc2O)c1N=Cc1ccccc1O.[Zn].[Zn].[Zn]. The van der Waals surface area contributed by atoms with Crippen LogP contribution in [-0.4, -0.2) is 67.9 Å². The van der Waals surface area contributed by atoms with Crippen molar-refractivity contribution in [1.29, 1.82) is 0 Å². The molecule has 0 saturated carbocycles. The molecule has 15 heteroatoms. The molecule has 0 saturated heterocycles. The molecule has 0 atom stereocenters. The first kappa shape index (κ1) is 48.9. The molecular formula is C48H36N6O6Zn3. The van der Waals surface area contributed by atoms with E-state index in [1.165, 1.54) is 73.7 Å². The first-order valence-electron chi connectivity index (χ1n) is 18.4. The van der Waals surface area contributed by atoms with E-state index >= 15 is 0 Å². The van der Waals surface area contributed by atoms with Gasteiger partial charge < -0.3 is 30.6 Å². The van der Waals surface area contributed by atoms with E-state index in [0.717, 1.165) is 0 Å². The summed E-state index contributed by atoms with van der Waals surface area (Å²) in [4.78, 5) is 29.2. The van der Waals surface area contributed by atoms with Gasteiger partial charge in [0.25, 0.3) is 0 Å². The second-order valence-electron chi connectivity index (χ2n) is 13.0. The average Bonchev–Trinajstić information content (AvgIpc) is 3.25. The van der Waals surface area contributed by atoms with E-state index in [-0.39, 0.29) is 127 Å². The number of aromatic hydroxyl groups is 6. The van der Waals surface area contributed by atoms with Crippen LogP contribution < -0.4 is 0 Å². The third-order valence-electron chi connectivity index (χ3n) is 8.96. The monoisotopic (exact) mass is 984 g/mol. The topological polar surface area (TPSA) is 196 Å². The first-order chi connectivity index (χ1) is 29.3. The molecule has 7 aromatic carbocycles. The van der Waals surface area contributed by atoms with Gasteiger partial charge in [0.15, 0.2) is 0 Å². The molecule has 0 fully saturated rings. The molecule has 0 radical (unpaired) electrons. The summed E-state index contributed by atoms with van der Waals surface area (Å²) in [5.74, 6) is -0.337. The minimum atomic E-state index is -0.0562. The van der Waals surface area contributed by atoms with Crippen molar-refractivity contribution < 1.29 is 89.1 Å². The Morgan fingerprint density at radius 2 is 0.349 bits per heavy atom. The van der Waals surface area contributed by atoms with Crippen molar-refractivity contribution in [3.8, 4) is 34.5 Å². The van der Waals surface area contributed by atoms with Gasteiger partial charge in [-0.15, -0.1) is 0 Å². The smallest absolute Gasteiger partial charge is 0.124 e. The fourth-order valence-electron chi connectivity index (χ4n) is 5.79. The van der Waals surface area contributed by atoms with Gasteiger partial charge in [-0.1, -0.05) is 72.8 Å². The van der Waals surface area contributed by atoms with Crippen molar-refractivity contribution in [2.75, 3.05) is 0 Å². The van der Waals surface area contributed by atoms with Crippen LogP contribution in [-0.2, 0) is 58.4 Å². The van der Waals surface area contributed by atoms with Crippen molar-refractivity contribution >= 4 is 71.4 Å². The molecule has 7 rings (SSSR count). The Kier molecular flexibility index (Phi) is 18.2. The number of hydrogen-bond acceptors (Lipinski definition) is 12. The van der Waals surface area contributed by atoms with Crippen LogP contribution in [0.25, 0.3) is 0 Å². The predicted octanol–water partition coefficient (Wildman–Crippen LogP) is 10.4. The summed E-state index contributed by atoms with van der Waals surface area (Å²) in [5.41, 5.74) is 2.48. The van der Waals surface area contributed by atoms with E-state index in [0.29, 0.717) is 33.4 Å². The Morgan fingerprint density at radius 1 is 0.222 bits per heavy atom. The zero-order chi connectivity index (χ0) is 41.8. The molecule has 0 aliphatic heterocycles. The molecule has 300 valence electrons. The third-order valence-corrected chi connectivity index (χ3v) is 8.96. The summed E-state index contributed by atoms with van der Waals surface area (Å²) in [6, 6.07) is 39.5. The Bertz CT molecular complexity index is 2360. The molecule has 0 aliphatic carbocycles. The van der Waals surface area contributed by atoms with Crippen molar-refractivity contribution in [3.63, 3.8) is 0 Å². The van der Waals surface area contributed by atoms with Gasteiger partial charge in [0.05, 0.1) is 0 Å². The van der Waals surface area contributed by atoms with E-state index in [1.807, 2.05) is 0 Å². The summed E-state index contributed by atoms with van der Waals surface area (Å²) < 4.78 is 0. The Morgan fingerprint density at radius 3 is 0.476 bits per heavy atom. The Labute approximate surface area is 401 Å². The molecule has 0 amide bonds. The summed E-state index contributed by atoms with van der Waals surface area (Å²) >= 11 is 0. The number of rotatable bonds is 12. The van der Waals surface area contributed by atoms with Crippen LogP contribution in [0.15, 0.2) is 176 Å². The molecule has 0 heterocycles. The summed E-state index contributed by atoms with van der Waals surface area (Å²) in [5, 5.41) is 64.7. The van der Waals surface area contributed by atoms with Crippen molar-refractivity contribution in [2.24, 2.45) is 30.0 Å². The fourth-order valence-corrected chi connectivity index (χ4v) is 5.79. The van der Waals surface area contributed by atoms with Gasteiger partial charge in [-0.2, -0.15) is 0 Å². The number of nitrogens with zero attached hydrogens (tertiary/aromatic N) is 6. The zero-order valence-electron chi connectivity index (χ0n) is 33.8. The minimum absolute atomic E-state index is 0. The number of phenolic OH excluding ortho intramolecular Hbond substituents is 6. The molecule has 0 spiro atoms. The number of para-hydroxylation sites is 6. The summed E-state index contributed by atoms with van der Waals surface area (Å²) in [6.07, 6.45) is 8.50. The first-order valence-corrected chi connectivity index (χ1v) is 18.4. The van der Waals surface area contributed by atoms with E-state index in [9.17, 15) is 30.6 Å². The van der Waals surface area contributed by atoms with Crippen LogP contribution >= 0.6 is 0 Å². The normalized spacial score (nSPS) is 11.4. The van der Waals surface area contributed by atoms with Gasteiger partial charge in [0.2, 0.25) is 0 Å². The van der Waals surface area contributed by atoms with E-state index in [4.69, 9.17) is 30.0 Å². The van der Waals surface area contributed by atoms with Crippen molar-refractivity contribution in [3.05, 3.63) is 179 Å². The molecule has 6 N–H and O–H groups in total. The molecular weight excluding hydrogens is 953 g/mol. The minimum Gasteiger partial charge on any atom is -0.507 e. The van der Waals surface area contributed by atoms with Gasteiger partial charge >= 0.3 is 0 Å².